The molecule has 2 aromatic carbocycles. The molecule has 1 N–H and O–H groups in total. The van der Waals surface area contributed by atoms with Gasteiger partial charge in [-0.05, 0) is 37.3 Å². The van der Waals surface area contributed by atoms with Gasteiger partial charge in [0.1, 0.15) is 16.1 Å². The van der Waals surface area contributed by atoms with Crippen molar-refractivity contribution in [2.24, 2.45) is 0 Å². The van der Waals surface area contributed by atoms with Crippen LogP contribution in [0.15, 0.2) is 47.4 Å². The quantitative estimate of drug-likeness (QED) is 0.505. The number of H-pyrrole nitrogens is 1. The smallest absolute Gasteiger partial charge is 0.340 e. The molecule has 0 aliphatic carbocycles. The van der Waals surface area contributed by atoms with Crippen LogP contribution in [0.25, 0.3) is 33.5 Å². The number of aromatic nitrogens is 3. The van der Waals surface area contributed by atoms with E-state index >= 15 is 0 Å². The summed E-state index contributed by atoms with van der Waals surface area (Å²) in [5.41, 5.74) is 3.06. The average molecular weight is 424 g/mol. The van der Waals surface area contributed by atoms with Crippen LogP contribution in [-0.4, -0.2) is 54.8 Å². The molecule has 0 aliphatic heterocycles. The highest BCUT2D eigenvalue weighted by Gasteiger charge is 2.24. The number of ether oxygens (including phenoxy) is 1. The van der Waals surface area contributed by atoms with Crippen LogP contribution in [0.1, 0.15) is 15.9 Å². The summed E-state index contributed by atoms with van der Waals surface area (Å²) in [6, 6.07) is 12.3. The fourth-order valence-electron chi connectivity index (χ4n) is 3.26. The van der Waals surface area contributed by atoms with Crippen LogP contribution in [0.5, 0.6) is 0 Å². The Labute approximate surface area is 173 Å². The number of carbonyl (C=O) groups excluding carboxylic acids is 1. The summed E-state index contributed by atoms with van der Waals surface area (Å²) >= 11 is 0. The predicted octanol–water partition coefficient (Wildman–Crippen LogP) is 3.12. The third kappa shape index (κ3) is 3.21. The van der Waals surface area contributed by atoms with Gasteiger partial charge in [0.05, 0.1) is 23.7 Å². The molecule has 0 amide bonds. The number of hydrogen-bond donors (Lipinski definition) is 1. The van der Waals surface area contributed by atoms with Crippen molar-refractivity contribution in [3.63, 3.8) is 0 Å². The Kier molecular flexibility index (Phi) is 4.79. The number of esters is 1. The van der Waals surface area contributed by atoms with Crippen molar-refractivity contribution in [1.29, 1.82) is 0 Å². The zero-order valence-corrected chi connectivity index (χ0v) is 17.7. The number of para-hydroxylation sites is 1. The lowest BCUT2D eigenvalue weighted by Gasteiger charge is -2.11. The Bertz CT molecular complexity index is 1410. The molecular formula is C21H20N4O4S. The zero-order valence-electron chi connectivity index (χ0n) is 16.9. The molecule has 0 radical (unpaired) electrons. The zero-order chi connectivity index (χ0) is 21.6. The first-order chi connectivity index (χ1) is 14.2. The van der Waals surface area contributed by atoms with E-state index in [-0.39, 0.29) is 21.8 Å². The third-order valence-corrected chi connectivity index (χ3v) is 6.68. The van der Waals surface area contributed by atoms with E-state index in [1.807, 2.05) is 25.1 Å². The molecule has 0 saturated heterocycles. The van der Waals surface area contributed by atoms with Crippen molar-refractivity contribution in [3.8, 4) is 11.5 Å². The maximum absolute atomic E-state index is 12.7. The van der Waals surface area contributed by atoms with Gasteiger partial charge in [-0.1, -0.05) is 17.7 Å². The molecule has 0 atom stereocenters. The second-order valence-corrected chi connectivity index (χ2v) is 9.22. The van der Waals surface area contributed by atoms with Crippen LogP contribution in [0.4, 0.5) is 0 Å². The first kappa shape index (κ1) is 20.0. The number of carbonyl (C=O) groups is 1. The molecule has 9 heteroatoms. The Morgan fingerprint density at radius 2 is 1.87 bits per heavy atom. The number of rotatable bonds is 4. The summed E-state index contributed by atoms with van der Waals surface area (Å²) in [6.45, 7) is 1.96. The second-order valence-electron chi connectivity index (χ2n) is 7.10. The highest BCUT2D eigenvalue weighted by molar-refractivity contribution is 7.89. The second kappa shape index (κ2) is 7.19. The third-order valence-electron chi connectivity index (χ3n) is 4.83. The number of methoxy groups -OCH3 is 1. The fraction of sp³-hybridized carbons (Fsp3) is 0.190. The number of benzene rings is 2. The van der Waals surface area contributed by atoms with Gasteiger partial charge in [-0.15, -0.1) is 0 Å². The number of pyridine rings is 1. The maximum atomic E-state index is 12.7. The predicted molar refractivity (Wildman–Crippen MR) is 114 cm³/mol. The van der Waals surface area contributed by atoms with Crippen molar-refractivity contribution in [2.45, 2.75) is 11.8 Å². The summed E-state index contributed by atoms with van der Waals surface area (Å²) in [5, 5.41) is 0.797. The molecule has 2 aromatic heterocycles. The first-order valence-corrected chi connectivity index (χ1v) is 10.6. The average Bonchev–Trinajstić information content (AvgIpc) is 3.16. The molecule has 2 heterocycles. The number of sulfonamides is 1. The van der Waals surface area contributed by atoms with Gasteiger partial charge in [-0.3, -0.25) is 0 Å². The lowest BCUT2D eigenvalue weighted by Crippen LogP contribution is -2.22. The fourth-order valence-corrected chi connectivity index (χ4v) is 4.31. The number of aryl methyl sites for hydroxylation is 1. The van der Waals surface area contributed by atoms with Gasteiger partial charge >= 0.3 is 5.97 Å². The van der Waals surface area contributed by atoms with Crippen LogP contribution in [0.3, 0.4) is 0 Å². The molecule has 0 bridgehead atoms. The van der Waals surface area contributed by atoms with Gasteiger partial charge in [0.15, 0.2) is 5.82 Å². The summed E-state index contributed by atoms with van der Waals surface area (Å²) in [6.07, 6.45) is 0. The number of fused-ring (bicyclic) bond motifs is 2. The van der Waals surface area contributed by atoms with Crippen molar-refractivity contribution >= 4 is 37.9 Å². The lowest BCUT2D eigenvalue weighted by atomic mass is 10.1. The maximum Gasteiger partial charge on any atom is 0.340 e. The van der Waals surface area contributed by atoms with E-state index in [0.717, 1.165) is 15.3 Å². The molecule has 154 valence electrons. The van der Waals surface area contributed by atoms with E-state index in [2.05, 4.69) is 15.0 Å². The standard InChI is InChI=1S/C21H20N4O4S/c1-12-8-9-15-13(10-12)11-14(21(26)29-4)18(22-15)20-23-16-6-5-7-17(19(16)24-20)30(27,28)25(2)3/h5-11H,1-4H3,(H,23,24). The minimum absolute atomic E-state index is 0.0727. The van der Waals surface area contributed by atoms with E-state index in [0.29, 0.717) is 16.7 Å². The molecule has 0 saturated carbocycles. The lowest BCUT2D eigenvalue weighted by molar-refractivity contribution is 0.0601. The summed E-state index contributed by atoms with van der Waals surface area (Å²) < 4.78 is 31.5. The van der Waals surface area contributed by atoms with Crippen molar-refractivity contribution in [1.82, 2.24) is 19.3 Å². The van der Waals surface area contributed by atoms with Gasteiger partial charge in [0.2, 0.25) is 10.0 Å². The Hall–Kier alpha value is -3.30. The number of nitrogens with one attached hydrogen (secondary N) is 1. The van der Waals surface area contributed by atoms with Crippen LogP contribution in [-0.2, 0) is 14.8 Å². The molecular weight excluding hydrogens is 404 g/mol. The molecule has 8 nitrogen and oxygen atoms in total. The minimum atomic E-state index is -3.70. The molecule has 0 aliphatic rings. The highest BCUT2D eigenvalue weighted by Crippen LogP contribution is 2.29. The topological polar surface area (TPSA) is 105 Å². The Balaban J connectivity index is 2.00. The molecule has 0 spiro atoms. The SMILES string of the molecule is COC(=O)c1cc2cc(C)ccc2nc1-c1nc2c(S(=O)(=O)N(C)C)cccc2[nH]1. The molecule has 4 rings (SSSR count). The number of hydrogen-bond acceptors (Lipinski definition) is 6. The number of imidazole rings is 1. The van der Waals surface area contributed by atoms with Crippen LogP contribution < -0.4 is 0 Å². The van der Waals surface area contributed by atoms with E-state index < -0.39 is 16.0 Å². The van der Waals surface area contributed by atoms with Gasteiger partial charge in [0, 0.05) is 19.5 Å². The van der Waals surface area contributed by atoms with Gasteiger partial charge in [0.25, 0.3) is 0 Å². The van der Waals surface area contributed by atoms with Crippen LogP contribution >= 0.6 is 0 Å². The minimum Gasteiger partial charge on any atom is -0.465 e. The first-order valence-electron chi connectivity index (χ1n) is 9.13. The summed E-state index contributed by atoms with van der Waals surface area (Å²) in [7, 11) is 0.519. The molecule has 0 fully saturated rings. The molecule has 4 aromatic rings. The van der Waals surface area contributed by atoms with Crippen LogP contribution in [0, 0.1) is 6.92 Å². The van der Waals surface area contributed by atoms with Crippen LogP contribution in [0.2, 0.25) is 0 Å². The van der Waals surface area contributed by atoms with Gasteiger partial charge in [-0.2, -0.15) is 0 Å². The van der Waals surface area contributed by atoms with E-state index in [4.69, 9.17) is 4.74 Å². The number of nitrogens with zero attached hydrogens (tertiary/aromatic N) is 3. The summed E-state index contributed by atoms with van der Waals surface area (Å²) in [4.78, 5) is 24.8. The number of aromatic amines is 1. The highest BCUT2D eigenvalue weighted by atomic mass is 32.2. The largest absolute Gasteiger partial charge is 0.465 e. The molecule has 0 unspecified atom stereocenters. The normalized spacial score (nSPS) is 12.0. The van der Waals surface area contributed by atoms with E-state index in [1.54, 1.807) is 18.2 Å². The van der Waals surface area contributed by atoms with Gasteiger partial charge in [-0.25, -0.2) is 27.5 Å². The van der Waals surface area contributed by atoms with E-state index in [9.17, 15) is 13.2 Å². The van der Waals surface area contributed by atoms with Gasteiger partial charge < -0.3 is 9.72 Å². The summed E-state index contributed by atoms with van der Waals surface area (Å²) in [5.74, 6) is -0.267. The van der Waals surface area contributed by atoms with E-state index in [1.165, 1.54) is 27.3 Å². The van der Waals surface area contributed by atoms with Crippen molar-refractivity contribution in [2.75, 3.05) is 21.2 Å². The molecule has 30 heavy (non-hydrogen) atoms. The van der Waals surface area contributed by atoms with Crippen molar-refractivity contribution < 1.29 is 17.9 Å². The Morgan fingerprint density at radius 3 is 2.57 bits per heavy atom. The monoisotopic (exact) mass is 424 g/mol. The van der Waals surface area contributed by atoms with Crippen molar-refractivity contribution in [3.05, 3.63) is 53.6 Å². The Morgan fingerprint density at radius 1 is 1.10 bits per heavy atom.